The van der Waals surface area contributed by atoms with Gasteiger partial charge in [0.15, 0.2) is 5.11 Å². The summed E-state index contributed by atoms with van der Waals surface area (Å²) in [5, 5.41) is 7.86. The molecule has 23 heavy (non-hydrogen) atoms. The van der Waals surface area contributed by atoms with Crippen LogP contribution in [0.4, 0.5) is 0 Å². The molecular weight excluding hydrogens is 328 g/mol. The summed E-state index contributed by atoms with van der Waals surface area (Å²) in [6, 6.07) is 15.9. The molecule has 0 spiro atoms. The van der Waals surface area contributed by atoms with E-state index in [1.165, 1.54) is 11.1 Å². The van der Waals surface area contributed by atoms with Gasteiger partial charge in [-0.3, -0.25) is 0 Å². The molecule has 3 nitrogen and oxygen atoms in total. The number of ether oxygens (including phenoxy) is 1. The van der Waals surface area contributed by atoms with Crippen molar-refractivity contribution in [1.82, 2.24) is 10.6 Å². The van der Waals surface area contributed by atoms with E-state index in [2.05, 4.69) is 22.8 Å². The third-order valence-electron chi connectivity index (χ3n) is 3.46. The number of hydrogen-bond donors (Lipinski definition) is 2. The van der Waals surface area contributed by atoms with Crippen molar-refractivity contribution < 1.29 is 4.74 Å². The van der Waals surface area contributed by atoms with Gasteiger partial charge in [-0.15, -0.1) is 0 Å². The van der Waals surface area contributed by atoms with Gasteiger partial charge in [0.05, 0.1) is 7.11 Å². The Morgan fingerprint density at radius 2 is 1.78 bits per heavy atom. The van der Waals surface area contributed by atoms with Gasteiger partial charge in [0.2, 0.25) is 0 Å². The smallest absolute Gasteiger partial charge is 0.166 e. The Bertz CT molecular complexity index is 648. The summed E-state index contributed by atoms with van der Waals surface area (Å²) in [6.45, 7) is 1.55. The van der Waals surface area contributed by atoms with Gasteiger partial charge in [0, 0.05) is 18.1 Å². The van der Waals surface area contributed by atoms with Crippen molar-refractivity contribution in [3.8, 4) is 5.75 Å². The first kappa shape index (κ1) is 17.6. The molecule has 0 saturated carbocycles. The fourth-order valence-corrected chi connectivity index (χ4v) is 2.71. The standard InChI is InChI=1S/C18H21ClN2OS/c1-22-17-8-3-2-6-15(17)10-12-21-18(23)20-11-9-14-5-4-7-16(19)13-14/h2-8,13H,9-12H2,1H3,(H2,20,21,23). The fraction of sp³-hybridized carbons (Fsp3) is 0.278. The number of para-hydroxylation sites is 1. The Balaban J connectivity index is 1.67. The first-order valence-corrected chi connectivity index (χ1v) is 8.35. The zero-order valence-electron chi connectivity index (χ0n) is 13.1. The molecule has 0 unspecified atom stereocenters. The second-order valence-electron chi connectivity index (χ2n) is 5.12. The lowest BCUT2D eigenvalue weighted by Gasteiger charge is -2.12. The molecule has 0 aliphatic carbocycles. The number of rotatable bonds is 7. The average Bonchev–Trinajstić information content (AvgIpc) is 2.55. The first-order valence-electron chi connectivity index (χ1n) is 7.57. The van der Waals surface area contributed by atoms with Gasteiger partial charge in [-0.05, 0) is 54.4 Å². The third kappa shape index (κ3) is 6.08. The van der Waals surface area contributed by atoms with Crippen molar-refractivity contribution in [3.05, 3.63) is 64.7 Å². The average molecular weight is 349 g/mol. The number of methoxy groups -OCH3 is 1. The minimum atomic E-state index is 0.668. The highest BCUT2D eigenvalue weighted by Crippen LogP contribution is 2.17. The lowest BCUT2D eigenvalue weighted by molar-refractivity contribution is 0.409. The molecule has 2 N–H and O–H groups in total. The second kappa shape index (κ2) is 9.38. The number of thiocarbonyl (C=S) groups is 1. The van der Waals surface area contributed by atoms with Crippen molar-refractivity contribution >= 4 is 28.9 Å². The molecule has 0 bridgehead atoms. The van der Waals surface area contributed by atoms with Gasteiger partial charge < -0.3 is 15.4 Å². The van der Waals surface area contributed by atoms with Crippen LogP contribution in [-0.4, -0.2) is 25.3 Å². The van der Waals surface area contributed by atoms with Crippen LogP contribution >= 0.6 is 23.8 Å². The lowest BCUT2D eigenvalue weighted by Crippen LogP contribution is -2.37. The number of benzene rings is 2. The fourth-order valence-electron chi connectivity index (χ4n) is 2.30. The molecule has 0 radical (unpaired) electrons. The van der Waals surface area contributed by atoms with Crippen LogP contribution in [0.5, 0.6) is 5.75 Å². The molecule has 2 aromatic carbocycles. The maximum atomic E-state index is 5.97. The molecule has 0 saturated heterocycles. The molecule has 122 valence electrons. The topological polar surface area (TPSA) is 33.3 Å². The summed E-state index contributed by atoms with van der Waals surface area (Å²) < 4.78 is 5.34. The van der Waals surface area contributed by atoms with Crippen molar-refractivity contribution in [2.75, 3.05) is 20.2 Å². The van der Waals surface area contributed by atoms with Crippen molar-refractivity contribution in [1.29, 1.82) is 0 Å². The zero-order valence-corrected chi connectivity index (χ0v) is 14.7. The summed E-state index contributed by atoms with van der Waals surface area (Å²) in [5.74, 6) is 0.911. The lowest BCUT2D eigenvalue weighted by atomic mass is 10.1. The van der Waals surface area contributed by atoms with Crippen molar-refractivity contribution in [2.45, 2.75) is 12.8 Å². The van der Waals surface area contributed by atoms with E-state index in [0.29, 0.717) is 5.11 Å². The molecule has 0 amide bonds. The number of halogens is 1. The zero-order chi connectivity index (χ0) is 16.5. The molecule has 0 heterocycles. The normalized spacial score (nSPS) is 10.2. The Labute approximate surface area is 148 Å². The Kier molecular flexibility index (Phi) is 7.17. The van der Waals surface area contributed by atoms with E-state index in [-0.39, 0.29) is 0 Å². The monoisotopic (exact) mass is 348 g/mol. The van der Waals surface area contributed by atoms with Crippen LogP contribution in [-0.2, 0) is 12.8 Å². The molecule has 0 atom stereocenters. The van der Waals surface area contributed by atoms with Crippen LogP contribution in [0.3, 0.4) is 0 Å². The molecule has 0 aliphatic heterocycles. The Morgan fingerprint density at radius 3 is 2.52 bits per heavy atom. The third-order valence-corrected chi connectivity index (χ3v) is 3.98. The van der Waals surface area contributed by atoms with E-state index in [0.717, 1.165) is 36.7 Å². The van der Waals surface area contributed by atoms with E-state index in [1.54, 1.807) is 7.11 Å². The number of nitrogens with one attached hydrogen (secondary N) is 2. The minimum absolute atomic E-state index is 0.668. The molecule has 0 aromatic heterocycles. The van der Waals surface area contributed by atoms with Crippen LogP contribution in [0.15, 0.2) is 48.5 Å². The van der Waals surface area contributed by atoms with Gasteiger partial charge in [0.1, 0.15) is 5.75 Å². The van der Waals surface area contributed by atoms with Crippen molar-refractivity contribution in [3.63, 3.8) is 0 Å². The van der Waals surface area contributed by atoms with Gasteiger partial charge >= 0.3 is 0 Å². The van der Waals surface area contributed by atoms with E-state index in [1.807, 2.05) is 36.4 Å². The maximum absolute atomic E-state index is 5.97. The van der Waals surface area contributed by atoms with Gasteiger partial charge in [-0.1, -0.05) is 41.9 Å². The van der Waals surface area contributed by atoms with Gasteiger partial charge in [0.25, 0.3) is 0 Å². The summed E-state index contributed by atoms with van der Waals surface area (Å²) in [7, 11) is 1.69. The van der Waals surface area contributed by atoms with E-state index in [9.17, 15) is 0 Å². The summed E-state index contributed by atoms with van der Waals surface area (Å²) >= 11 is 11.3. The summed E-state index contributed by atoms with van der Waals surface area (Å²) in [5.41, 5.74) is 2.37. The van der Waals surface area contributed by atoms with Crippen LogP contribution in [0.2, 0.25) is 5.02 Å². The van der Waals surface area contributed by atoms with Crippen LogP contribution in [0.1, 0.15) is 11.1 Å². The molecule has 0 aliphatic rings. The Morgan fingerprint density at radius 1 is 1.04 bits per heavy atom. The second-order valence-corrected chi connectivity index (χ2v) is 5.97. The van der Waals surface area contributed by atoms with Crippen molar-refractivity contribution in [2.24, 2.45) is 0 Å². The minimum Gasteiger partial charge on any atom is -0.496 e. The highest BCUT2D eigenvalue weighted by molar-refractivity contribution is 7.80. The van der Waals surface area contributed by atoms with Crippen LogP contribution < -0.4 is 15.4 Å². The highest BCUT2D eigenvalue weighted by atomic mass is 35.5. The summed E-state index contributed by atoms with van der Waals surface area (Å²) in [6.07, 6.45) is 1.75. The molecule has 0 fully saturated rings. The van der Waals surface area contributed by atoms with Crippen LogP contribution in [0, 0.1) is 0 Å². The highest BCUT2D eigenvalue weighted by Gasteiger charge is 2.02. The predicted octanol–water partition coefficient (Wildman–Crippen LogP) is 3.60. The SMILES string of the molecule is COc1ccccc1CCNC(=S)NCCc1cccc(Cl)c1. The summed E-state index contributed by atoms with van der Waals surface area (Å²) in [4.78, 5) is 0. The molecular formula is C18H21ClN2OS. The predicted molar refractivity (Wildman–Crippen MR) is 100 cm³/mol. The first-order chi connectivity index (χ1) is 11.2. The van der Waals surface area contributed by atoms with E-state index >= 15 is 0 Å². The Hall–Kier alpha value is -1.78. The van der Waals surface area contributed by atoms with E-state index in [4.69, 9.17) is 28.6 Å². The number of hydrogen-bond acceptors (Lipinski definition) is 2. The van der Waals surface area contributed by atoms with Gasteiger partial charge in [-0.2, -0.15) is 0 Å². The largest absolute Gasteiger partial charge is 0.496 e. The molecule has 2 aromatic rings. The van der Waals surface area contributed by atoms with Gasteiger partial charge in [-0.25, -0.2) is 0 Å². The van der Waals surface area contributed by atoms with E-state index < -0.39 is 0 Å². The maximum Gasteiger partial charge on any atom is 0.166 e. The molecule has 5 heteroatoms. The molecule has 2 rings (SSSR count). The van der Waals surface area contributed by atoms with Crippen LogP contribution in [0.25, 0.3) is 0 Å². The quantitative estimate of drug-likeness (QED) is 0.749.